The van der Waals surface area contributed by atoms with Gasteiger partial charge < -0.3 is 15.4 Å². The number of hydrogen-bond donors (Lipinski definition) is 3. The van der Waals surface area contributed by atoms with Crippen molar-refractivity contribution in [1.82, 2.24) is 15.3 Å². The van der Waals surface area contributed by atoms with Crippen molar-refractivity contribution in [3.8, 4) is 0 Å². The molecule has 0 bridgehead atoms. The van der Waals surface area contributed by atoms with E-state index in [-0.39, 0.29) is 0 Å². The van der Waals surface area contributed by atoms with Crippen LogP contribution >= 0.6 is 23.8 Å². The van der Waals surface area contributed by atoms with Crippen molar-refractivity contribution in [2.45, 2.75) is 20.8 Å². The molecule has 2 rings (SSSR count). The van der Waals surface area contributed by atoms with Crippen molar-refractivity contribution in [3.63, 3.8) is 0 Å². The summed E-state index contributed by atoms with van der Waals surface area (Å²) in [7, 11) is 1.62. The molecule has 1 aromatic heterocycles. The predicted molar refractivity (Wildman–Crippen MR) is 115 cm³/mol. The van der Waals surface area contributed by atoms with Crippen molar-refractivity contribution in [2.75, 3.05) is 30.9 Å². The quantitative estimate of drug-likeness (QED) is 0.303. The van der Waals surface area contributed by atoms with Gasteiger partial charge in [0.1, 0.15) is 0 Å². The fraction of sp³-hybridized carbons (Fsp3) is 0.333. The van der Waals surface area contributed by atoms with Crippen LogP contribution in [0.3, 0.4) is 0 Å². The number of nitrogens with zero attached hydrogens (tertiary/aromatic N) is 3. The lowest BCUT2D eigenvalue weighted by Crippen LogP contribution is -2.39. The van der Waals surface area contributed by atoms with Gasteiger partial charge in [-0.2, -0.15) is 0 Å². The molecule has 1 aromatic carbocycles. The highest BCUT2D eigenvalue weighted by atomic mass is 35.5. The van der Waals surface area contributed by atoms with Gasteiger partial charge in [0.2, 0.25) is 11.9 Å². The number of ether oxygens (including phenoxy) is 1. The monoisotopic (exact) mass is 406 g/mol. The van der Waals surface area contributed by atoms with Gasteiger partial charge in [0.05, 0.1) is 23.9 Å². The minimum atomic E-state index is 0.341. The zero-order chi connectivity index (χ0) is 19.8. The van der Waals surface area contributed by atoms with E-state index in [0.29, 0.717) is 40.9 Å². The number of benzene rings is 1. The Kier molecular flexibility index (Phi) is 7.90. The Bertz CT molecular complexity index is 822. The maximum absolute atomic E-state index is 6.24. The first-order chi connectivity index (χ1) is 12.9. The average molecular weight is 407 g/mol. The van der Waals surface area contributed by atoms with E-state index >= 15 is 0 Å². The standard InChI is InChI=1S/C18H23ClN6OS/c1-11-5-6-15(14(19)9-11)23-18(27)25-16(20-7-8-26-4)24-17-21-12(2)10-13(3)22-17/h5-6,9-10H,7-8H2,1-4H3,(H3,20,21,22,23,24,25,27). The van der Waals surface area contributed by atoms with E-state index in [4.69, 9.17) is 28.6 Å². The highest BCUT2D eigenvalue weighted by Gasteiger charge is 2.08. The number of rotatable bonds is 5. The maximum Gasteiger partial charge on any atom is 0.229 e. The number of methoxy groups -OCH3 is 1. The van der Waals surface area contributed by atoms with E-state index in [1.54, 1.807) is 7.11 Å². The van der Waals surface area contributed by atoms with E-state index < -0.39 is 0 Å². The fourth-order valence-electron chi connectivity index (χ4n) is 2.23. The Morgan fingerprint density at radius 3 is 2.48 bits per heavy atom. The van der Waals surface area contributed by atoms with E-state index in [1.807, 2.05) is 45.0 Å². The van der Waals surface area contributed by atoms with Gasteiger partial charge in [-0.3, -0.25) is 10.3 Å². The van der Waals surface area contributed by atoms with Crippen LogP contribution in [0.5, 0.6) is 0 Å². The number of aliphatic imine (C=N–C) groups is 1. The molecular weight excluding hydrogens is 384 g/mol. The Morgan fingerprint density at radius 2 is 1.85 bits per heavy atom. The van der Waals surface area contributed by atoms with Crippen LogP contribution in [0.25, 0.3) is 0 Å². The molecule has 0 radical (unpaired) electrons. The van der Waals surface area contributed by atoms with Gasteiger partial charge in [-0.1, -0.05) is 17.7 Å². The lowest BCUT2D eigenvalue weighted by molar-refractivity contribution is 0.208. The molecule has 0 aliphatic rings. The second-order valence-corrected chi connectivity index (χ2v) is 6.70. The van der Waals surface area contributed by atoms with Crippen molar-refractivity contribution < 1.29 is 4.74 Å². The second kappa shape index (κ2) is 10.1. The number of anilines is 2. The zero-order valence-electron chi connectivity index (χ0n) is 15.8. The smallest absolute Gasteiger partial charge is 0.229 e. The summed E-state index contributed by atoms with van der Waals surface area (Å²) >= 11 is 11.6. The average Bonchev–Trinajstić information content (AvgIpc) is 2.56. The molecule has 3 N–H and O–H groups in total. The number of guanidine groups is 1. The third-order valence-corrected chi connectivity index (χ3v) is 3.90. The van der Waals surface area contributed by atoms with Gasteiger partial charge in [-0.05, 0) is 56.8 Å². The van der Waals surface area contributed by atoms with Crippen LogP contribution in [0.15, 0.2) is 29.3 Å². The first-order valence-corrected chi connectivity index (χ1v) is 9.13. The SMILES string of the molecule is COCCN=C(NC(=S)Nc1ccc(C)cc1Cl)Nc1nc(C)cc(C)n1. The van der Waals surface area contributed by atoms with Crippen LogP contribution in [0.1, 0.15) is 17.0 Å². The van der Waals surface area contributed by atoms with Crippen LogP contribution in [-0.2, 0) is 4.74 Å². The molecular formula is C18H23ClN6OS. The second-order valence-electron chi connectivity index (χ2n) is 5.88. The summed E-state index contributed by atoms with van der Waals surface area (Å²) in [5.74, 6) is 0.852. The topological polar surface area (TPSA) is 83.5 Å². The zero-order valence-corrected chi connectivity index (χ0v) is 17.3. The molecule has 2 aromatic rings. The minimum Gasteiger partial charge on any atom is -0.383 e. The molecule has 0 amide bonds. The summed E-state index contributed by atoms with van der Waals surface area (Å²) in [6, 6.07) is 7.58. The van der Waals surface area contributed by atoms with Crippen LogP contribution in [-0.4, -0.2) is 41.3 Å². The van der Waals surface area contributed by atoms with Crippen molar-refractivity contribution >= 4 is 46.5 Å². The summed E-state index contributed by atoms with van der Waals surface area (Å²) in [6.45, 7) is 6.71. The highest BCUT2D eigenvalue weighted by Crippen LogP contribution is 2.22. The molecule has 0 aliphatic carbocycles. The molecule has 144 valence electrons. The fourth-order valence-corrected chi connectivity index (χ4v) is 2.72. The lowest BCUT2D eigenvalue weighted by atomic mass is 10.2. The first-order valence-electron chi connectivity index (χ1n) is 8.34. The van der Waals surface area contributed by atoms with Gasteiger partial charge in [-0.25, -0.2) is 9.97 Å². The van der Waals surface area contributed by atoms with Gasteiger partial charge in [0.25, 0.3) is 0 Å². The summed E-state index contributed by atoms with van der Waals surface area (Å²) in [5.41, 5.74) is 3.49. The maximum atomic E-state index is 6.24. The molecule has 7 nitrogen and oxygen atoms in total. The summed E-state index contributed by atoms with van der Waals surface area (Å²) < 4.78 is 5.05. The van der Waals surface area contributed by atoms with E-state index in [0.717, 1.165) is 17.0 Å². The molecule has 9 heteroatoms. The van der Waals surface area contributed by atoms with Crippen LogP contribution < -0.4 is 16.0 Å². The highest BCUT2D eigenvalue weighted by molar-refractivity contribution is 7.80. The first kappa shape index (κ1) is 21.0. The normalized spacial score (nSPS) is 11.2. The van der Waals surface area contributed by atoms with Crippen LogP contribution in [0, 0.1) is 20.8 Å². The van der Waals surface area contributed by atoms with Crippen molar-refractivity contribution in [1.29, 1.82) is 0 Å². The Balaban J connectivity index is 2.11. The van der Waals surface area contributed by atoms with Crippen molar-refractivity contribution in [3.05, 3.63) is 46.2 Å². The summed E-state index contributed by atoms with van der Waals surface area (Å²) in [4.78, 5) is 13.1. The Hall–Kier alpha value is -2.29. The largest absolute Gasteiger partial charge is 0.383 e. The van der Waals surface area contributed by atoms with E-state index in [9.17, 15) is 0 Å². The molecule has 0 aliphatic heterocycles. The molecule has 0 saturated carbocycles. The summed E-state index contributed by atoms with van der Waals surface area (Å²) in [6.07, 6.45) is 0. The number of hydrogen-bond acceptors (Lipinski definition) is 5. The minimum absolute atomic E-state index is 0.341. The molecule has 1 heterocycles. The predicted octanol–water partition coefficient (Wildman–Crippen LogP) is 3.46. The van der Waals surface area contributed by atoms with Crippen LogP contribution in [0.4, 0.5) is 11.6 Å². The van der Waals surface area contributed by atoms with Crippen LogP contribution in [0.2, 0.25) is 5.02 Å². The molecule has 0 atom stereocenters. The number of aromatic nitrogens is 2. The number of nitrogens with one attached hydrogen (secondary N) is 3. The van der Waals surface area contributed by atoms with Gasteiger partial charge in [0.15, 0.2) is 5.11 Å². The molecule has 0 spiro atoms. The van der Waals surface area contributed by atoms with E-state index in [1.165, 1.54) is 0 Å². The van der Waals surface area contributed by atoms with Gasteiger partial charge >= 0.3 is 0 Å². The van der Waals surface area contributed by atoms with Gasteiger partial charge in [0, 0.05) is 18.5 Å². The molecule has 0 saturated heterocycles. The number of halogens is 1. The van der Waals surface area contributed by atoms with Crippen molar-refractivity contribution in [2.24, 2.45) is 4.99 Å². The Morgan fingerprint density at radius 1 is 1.15 bits per heavy atom. The molecule has 0 fully saturated rings. The Labute approximate surface area is 169 Å². The number of aryl methyl sites for hydroxylation is 3. The third kappa shape index (κ3) is 7.09. The third-order valence-electron chi connectivity index (χ3n) is 3.38. The summed E-state index contributed by atoms with van der Waals surface area (Å²) in [5, 5.41) is 10.1. The molecule has 0 unspecified atom stereocenters. The van der Waals surface area contributed by atoms with E-state index in [2.05, 4.69) is 30.9 Å². The number of thiocarbonyl (C=S) groups is 1. The lowest BCUT2D eigenvalue weighted by Gasteiger charge is -2.15. The molecule has 27 heavy (non-hydrogen) atoms. The van der Waals surface area contributed by atoms with Gasteiger partial charge in [-0.15, -0.1) is 0 Å².